The molecule has 1 unspecified atom stereocenters. The number of nitrogen functional groups attached to an aromatic ring is 1. The SMILES string of the molecule is Cc1ccc(NC(=O)C2CC(=O)Nc3nc(N4CCOCC4)nc(N)c32)c(C)c1. The van der Waals surface area contributed by atoms with Crippen LogP contribution in [0.15, 0.2) is 18.2 Å². The Hall–Kier alpha value is -3.20. The number of carbonyl (C=O) groups is 2. The highest BCUT2D eigenvalue weighted by Gasteiger charge is 2.35. The third-order valence-electron chi connectivity index (χ3n) is 5.21. The van der Waals surface area contributed by atoms with E-state index in [0.717, 1.165) is 11.1 Å². The average molecular weight is 396 g/mol. The molecule has 1 atom stereocenters. The van der Waals surface area contributed by atoms with Gasteiger partial charge in [0, 0.05) is 25.2 Å². The Morgan fingerprint density at radius 3 is 2.76 bits per heavy atom. The number of morpholine rings is 1. The van der Waals surface area contributed by atoms with Crippen LogP contribution in [0.3, 0.4) is 0 Å². The molecule has 9 nitrogen and oxygen atoms in total. The number of nitrogens with one attached hydrogen (secondary N) is 2. The maximum atomic E-state index is 13.0. The number of carbonyl (C=O) groups excluding carboxylic acids is 2. The van der Waals surface area contributed by atoms with E-state index in [2.05, 4.69) is 20.6 Å². The van der Waals surface area contributed by atoms with Gasteiger partial charge in [0.15, 0.2) is 0 Å². The Labute approximate surface area is 168 Å². The molecule has 2 aliphatic heterocycles. The molecule has 1 fully saturated rings. The van der Waals surface area contributed by atoms with E-state index < -0.39 is 5.92 Å². The predicted octanol–water partition coefficient (Wildman–Crippen LogP) is 1.58. The molecule has 2 aromatic rings. The Morgan fingerprint density at radius 2 is 2.03 bits per heavy atom. The normalized spacial score (nSPS) is 18.8. The van der Waals surface area contributed by atoms with Crippen molar-refractivity contribution in [1.29, 1.82) is 0 Å². The van der Waals surface area contributed by atoms with Gasteiger partial charge in [0.05, 0.1) is 24.7 Å². The summed E-state index contributed by atoms with van der Waals surface area (Å²) in [5.41, 5.74) is 9.45. The smallest absolute Gasteiger partial charge is 0.232 e. The van der Waals surface area contributed by atoms with Gasteiger partial charge in [0.2, 0.25) is 17.8 Å². The van der Waals surface area contributed by atoms with Gasteiger partial charge in [-0.05, 0) is 25.5 Å². The van der Waals surface area contributed by atoms with Crippen molar-refractivity contribution in [2.24, 2.45) is 0 Å². The number of benzene rings is 1. The van der Waals surface area contributed by atoms with Crippen LogP contribution in [0.25, 0.3) is 0 Å². The summed E-state index contributed by atoms with van der Waals surface area (Å²) in [5, 5.41) is 5.66. The lowest BCUT2D eigenvalue weighted by molar-refractivity contribution is -0.123. The van der Waals surface area contributed by atoms with Crippen molar-refractivity contribution in [1.82, 2.24) is 9.97 Å². The van der Waals surface area contributed by atoms with Crippen molar-refractivity contribution in [3.05, 3.63) is 34.9 Å². The fourth-order valence-corrected chi connectivity index (χ4v) is 3.69. The van der Waals surface area contributed by atoms with Crippen molar-refractivity contribution in [2.75, 3.05) is 47.6 Å². The molecular weight excluding hydrogens is 372 g/mol. The number of rotatable bonds is 3. The zero-order chi connectivity index (χ0) is 20.5. The van der Waals surface area contributed by atoms with Crippen LogP contribution in [0.1, 0.15) is 29.0 Å². The average Bonchev–Trinajstić information content (AvgIpc) is 2.69. The summed E-state index contributed by atoms with van der Waals surface area (Å²) in [4.78, 5) is 36.1. The topological polar surface area (TPSA) is 122 Å². The van der Waals surface area contributed by atoms with Gasteiger partial charge in [-0.25, -0.2) is 0 Å². The van der Waals surface area contributed by atoms with E-state index in [1.165, 1.54) is 0 Å². The van der Waals surface area contributed by atoms with E-state index in [1.807, 2.05) is 36.9 Å². The molecule has 3 heterocycles. The maximum Gasteiger partial charge on any atom is 0.232 e. The maximum absolute atomic E-state index is 13.0. The highest BCUT2D eigenvalue weighted by Crippen LogP contribution is 2.36. The molecule has 1 aromatic carbocycles. The van der Waals surface area contributed by atoms with Crippen LogP contribution in [-0.2, 0) is 14.3 Å². The zero-order valence-corrected chi connectivity index (χ0v) is 16.5. The van der Waals surface area contributed by atoms with Crippen molar-refractivity contribution in [3.8, 4) is 0 Å². The van der Waals surface area contributed by atoms with Crippen LogP contribution in [0.2, 0.25) is 0 Å². The Kier molecular flexibility index (Phi) is 5.06. The van der Waals surface area contributed by atoms with Crippen molar-refractivity contribution < 1.29 is 14.3 Å². The summed E-state index contributed by atoms with van der Waals surface area (Å²) in [6.45, 7) is 6.35. The number of nitrogens with two attached hydrogens (primary N) is 1. The van der Waals surface area contributed by atoms with Gasteiger partial charge in [-0.2, -0.15) is 9.97 Å². The summed E-state index contributed by atoms with van der Waals surface area (Å²) in [7, 11) is 0. The van der Waals surface area contributed by atoms with Crippen LogP contribution >= 0.6 is 0 Å². The lowest BCUT2D eigenvalue weighted by Gasteiger charge is -2.30. The summed E-state index contributed by atoms with van der Waals surface area (Å²) in [6, 6.07) is 5.77. The third kappa shape index (κ3) is 3.86. The highest BCUT2D eigenvalue weighted by molar-refractivity contribution is 6.05. The first kappa shape index (κ1) is 19.1. The second-order valence-electron chi connectivity index (χ2n) is 7.38. The van der Waals surface area contributed by atoms with Gasteiger partial charge < -0.3 is 26.0 Å². The second kappa shape index (κ2) is 7.67. The number of ether oxygens (including phenoxy) is 1. The number of aromatic nitrogens is 2. The van der Waals surface area contributed by atoms with Gasteiger partial charge in [-0.3, -0.25) is 9.59 Å². The Bertz CT molecular complexity index is 971. The van der Waals surface area contributed by atoms with E-state index in [4.69, 9.17) is 10.5 Å². The van der Waals surface area contributed by atoms with Gasteiger partial charge in [-0.15, -0.1) is 0 Å². The molecule has 0 saturated carbocycles. The van der Waals surface area contributed by atoms with Crippen molar-refractivity contribution in [3.63, 3.8) is 0 Å². The first-order chi connectivity index (χ1) is 13.9. The van der Waals surface area contributed by atoms with Gasteiger partial charge in [0.25, 0.3) is 0 Å². The standard InChI is InChI=1S/C20H24N6O3/c1-11-3-4-14(12(2)9-11)22-19(28)13-10-15(27)23-18-16(13)17(21)24-20(25-18)26-5-7-29-8-6-26/h3-4,9,13H,5-8,10H2,1-2H3,(H,22,28)(H3,21,23,24,25,27). The molecule has 4 rings (SSSR count). The molecule has 9 heteroatoms. The first-order valence-corrected chi connectivity index (χ1v) is 9.60. The van der Waals surface area contributed by atoms with Gasteiger partial charge in [0.1, 0.15) is 11.6 Å². The fraction of sp³-hybridized carbons (Fsp3) is 0.400. The van der Waals surface area contributed by atoms with E-state index in [0.29, 0.717) is 49.3 Å². The zero-order valence-electron chi connectivity index (χ0n) is 16.5. The molecule has 1 aromatic heterocycles. The molecule has 1 saturated heterocycles. The lowest BCUT2D eigenvalue weighted by atomic mass is 9.91. The predicted molar refractivity (Wildman–Crippen MR) is 110 cm³/mol. The molecule has 0 aliphatic carbocycles. The molecule has 29 heavy (non-hydrogen) atoms. The van der Waals surface area contributed by atoms with Crippen LogP contribution < -0.4 is 21.3 Å². The van der Waals surface area contributed by atoms with Gasteiger partial charge >= 0.3 is 0 Å². The lowest BCUT2D eigenvalue weighted by Crippen LogP contribution is -2.38. The molecule has 4 N–H and O–H groups in total. The number of hydrogen-bond acceptors (Lipinski definition) is 7. The monoisotopic (exact) mass is 396 g/mol. The minimum Gasteiger partial charge on any atom is -0.383 e. The second-order valence-corrected chi connectivity index (χ2v) is 7.38. The Morgan fingerprint density at radius 1 is 1.28 bits per heavy atom. The molecule has 0 radical (unpaired) electrons. The van der Waals surface area contributed by atoms with Crippen LogP contribution in [0, 0.1) is 13.8 Å². The van der Waals surface area contributed by atoms with Crippen molar-refractivity contribution >= 4 is 35.1 Å². The number of amides is 2. The molecule has 0 spiro atoms. The number of fused-ring (bicyclic) bond motifs is 1. The Balaban J connectivity index is 1.64. The largest absolute Gasteiger partial charge is 0.383 e. The van der Waals surface area contributed by atoms with E-state index in [-0.39, 0.29) is 24.1 Å². The van der Waals surface area contributed by atoms with Crippen molar-refractivity contribution in [2.45, 2.75) is 26.2 Å². The molecule has 152 valence electrons. The summed E-state index contributed by atoms with van der Waals surface area (Å²) in [5.74, 6) is -0.390. The molecular formula is C20H24N6O3. The first-order valence-electron chi connectivity index (χ1n) is 9.60. The number of nitrogens with zero attached hydrogens (tertiary/aromatic N) is 3. The quantitative estimate of drug-likeness (QED) is 0.720. The van der Waals surface area contributed by atoms with E-state index >= 15 is 0 Å². The summed E-state index contributed by atoms with van der Waals surface area (Å²) < 4.78 is 5.35. The van der Waals surface area contributed by atoms with E-state index in [1.54, 1.807) is 0 Å². The third-order valence-corrected chi connectivity index (χ3v) is 5.21. The van der Waals surface area contributed by atoms with Gasteiger partial charge in [-0.1, -0.05) is 17.7 Å². The minimum absolute atomic E-state index is 0.00575. The number of anilines is 4. The highest BCUT2D eigenvalue weighted by atomic mass is 16.5. The minimum atomic E-state index is -0.752. The fourth-order valence-electron chi connectivity index (χ4n) is 3.69. The summed E-state index contributed by atoms with van der Waals surface area (Å²) >= 11 is 0. The number of hydrogen-bond donors (Lipinski definition) is 3. The van der Waals surface area contributed by atoms with Crippen LogP contribution in [0.4, 0.5) is 23.3 Å². The molecule has 2 aliphatic rings. The summed E-state index contributed by atoms with van der Waals surface area (Å²) in [6.07, 6.45) is -0.00575. The molecule has 2 amide bonds. The van der Waals surface area contributed by atoms with Crippen LogP contribution in [-0.4, -0.2) is 48.1 Å². The number of aryl methyl sites for hydroxylation is 2. The molecule has 0 bridgehead atoms. The van der Waals surface area contributed by atoms with Crippen LogP contribution in [0.5, 0.6) is 0 Å². The van der Waals surface area contributed by atoms with E-state index in [9.17, 15) is 9.59 Å².